The zero-order valence-corrected chi connectivity index (χ0v) is 12.8. The van der Waals surface area contributed by atoms with Crippen LogP contribution in [0.5, 0.6) is 0 Å². The molecule has 6 nitrogen and oxygen atoms in total. The molecule has 0 spiro atoms. The van der Waals surface area contributed by atoms with Gasteiger partial charge in [-0.05, 0) is 35.5 Å². The van der Waals surface area contributed by atoms with Gasteiger partial charge >= 0.3 is 0 Å². The maximum absolute atomic E-state index is 13.6. The van der Waals surface area contributed by atoms with Crippen LogP contribution in [0.15, 0.2) is 42.5 Å². The van der Waals surface area contributed by atoms with E-state index in [-0.39, 0.29) is 18.1 Å². The summed E-state index contributed by atoms with van der Waals surface area (Å²) in [6.07, 6.45) is 0. The highest BCUT2D eigenvalue weighted by Crippen LogP contribution is 2.19. The van der Waals surface area contributed by atoms with Gasteiger partial charge in [0.15, 0.2) is 0 Å². The van der Waals surface area contributed by atoms with Crippen LogP contribution in [0.2, 0.25) is 5.02 Å². The number of amides is 1. The topological polar surface area (TPSA) is 72.7 Å². The van der Waals surface area contributed by atoms with E-state index in [0.29, 0.717) is 10.6 Å². The normalized spacial score (nSPS) is 10.6. The maximum Gasteiger partial charge on any atom is 0.248 e. The number of hydrogen-bond acceptors (Lipinski definition) is 4. The molecule has 0 atom stereocenters. The molecule has 1 aromatic heterocycles. The number of hydrogen-bond donors (Lipinski definition) is 1. The van der Waals surface area contributed by atoms with Gasteiger partial charge in [-0.1, -0.05) is 23.7 Å². The van der Waals surface area contributed by atoms with Crippen LogP contribution in [0.3, 0.4) is 0 Å². The average molecular weight is 350 g/mol. The van der Waals surface area contributed by atoms with Crippen LogP contribution in [-0.2, 0) is 11.3 Å². The fourth-order valence-electron chi connectivity index (χ4n) is 1.96. The number of rotatable bonds is 4. The van der Waals surface area contributed by atoms with Gasteiger partial charge < -0.3 is 5.32 Å². The highest BCUT2D eigenvalue weighted by Gasteiger charge is 2.12. The van der Waals surface area contributed by atoms with E-state index in [4.69, 9.17) is 11.6 Å². The van der Waals surface area contributed by atoms with Gasteiger partial charge in [0, 0.05) is 10.6 Å². The molecule has 1 amide bonds. The number of anilines is 1. The third kappa shape index (κ3) is 3.72. The Morgan fingerprint density at radius 2 is 2.04 bits per heavy atom. The second kappa shape index (κ2) is 6.71. The molecule has 0 unspecified atom stereocenters. The summed E-state index contributed by atoms with van der Waals surface area (Å²) in [4.78, 5) is 13.0. The first-order valence-corrected chi connectivity index (χ1v) is 7.18. The summed E-state index contributed by atoms with van der Waals surface area (Å²) < 4.78 is 26.8. The quantitative estimate of drug-likeness (QED) is 0.786. The number of tetrazole rings is 1. The summed E-state index contributed by atoms with van der Waals surface area (Å²) in [6.45, 7) is -0.283. The van der Waals surface area contributed by atoms with E-state index in [1.807, 2.05) is 0 Å². The molecule has 3 aromatic rings. The summed E-state index contributed by atoms with van der Waals surface area (Å²) >= 11 is 5.76. The average Bonchev–Trinajstić information content (AvgIpc) is 2.99. The number of carbonyl (C=O) groups excluding carboxylic acids is 1. The van der Waals surface area contributed by atoms with E-state index in [1.165, 1.54) is 30.3 Å². The Morgan fingerprint density at radius 3 is 2.83 bits per heavy atom. The number of benzene rings is 2. The zero-order chi connectivity index (χ0) is 17.1. The molecule has 0 aliphatic rings. The van der Waals surface area contributed by atoms with E-state index in [1.54, 1.807) is 6.07 Å². The van der Waals surface area contributed by atoms with Crippen molar-refractivity contribution in [2.24, 2.45) is 0 Å². The standard InChI is InChI=1S/C15H10ClF2N5O/c16-10-4-5-12(18)13(7-10)19-14(24)8-23-21-15(20-22-23)9-2-1-3-11(17)6-9/h1-7H,8H2,(H,19,24). The van der Waals surface area contributed by atoms with E-state index in [0.717, 1.165) is 10.9 Å². The summed E-state index contributed by atoms with van der Waals surface area (Å²) in [7, 11) is 0. The van der Waals surface area contributed by atoms with Crippen molar-refractivity contribution < 1.29 is 13.6 Å². The van der Waals surface area contributed by atoms with E-state index < -0.39 is 17.5 Å². The lowest BCUT2D eigenvalue weighted by molar-refractivity contribution is -0.117. The zero-order valence-electron chi connectivity index (χ0n) is 12.1. The van der Waals surface area contributed by atoms with E-state index >= 15 is 0 Å². The van der Waals surface area contributed by atoms with Gasteiger partial charge in [0.25, 0.3) is 0 Å². The molecule has 0 aliphatic heterocycles. The monoisotopic (exact) mass is 349 g/mol. The first-order chi connectivity index (χ1) is 11.5. The number of aromatic nitrogens is 4. The molecular formula is C15H10ClF2N5O. The van der Waals surface area contributed by atoms with Gasteiger partial charge in [-0.25, -0.2) is 8.78 Å². The molecule has 0 saturated heterocycles. The van der Waals surface area contributed by atoms with E-state index in [2.05, 4.69) is 20.7 Å². The lowest BCUT2D eigenvalue weighted by Crippen LogP contribution is -2.21. The number of nitrogens with one attached hydrogen (secondary N) is 1. The number of carbonyl (C=O) groups is 1. The van der Waals surface area contributed by atoms with Crippen molar-refractivity contribution in [2.75, 3.05) is 5.32 Å². The second-order valence-electron chi connectivity index (χ2n) is 4.83. The van der Waals surface area contributed by atoms with Crippen molar-refractivity contribution in [3.63, 3.8) is 0 Å². The van der Waals surface area contributed by atoms with Crippen LogP contribution in [0.4, 0.5) is 14.5 Å². The predicted molar refractivity (Wildman–Crippen MR) is 83.3 cm³/mol. The summed E-state index contributed by atoms with van der Waals surface area (Å²) in [5, 5.41) is 14.1. The van der Waals surface area contributed by atoms with Crippen LogP contribution in [0.1, 0.15) is 0 Å². The fourth-order valence-corrected chi connectivity index (χ4v) is 2.14. The largest absolute Gasteiger partial charge is 0.322 e. The summed E-state index contributed by atoms with van der Waals surface area (Å²) in [6, 6.07) is 9.49. The number of halogens is 3. The minimum Gasteiger partial charge on any atom is -0.322 e. The van der Waals surface area contributed by atoms with Crippen LogP contribution in [0, 0.1) is 11.6 Å². The van der Waals surface area contributed by atoms with Gasteiger partial charge in [0.05, 0.1) is 5.69 Å². The number of nitrogens with zero attached hydrogens (tertiary/aromatic N) is 4. The minimum atomic E-state index is -0.611. The Labute approximate surface area is 140 Å². The smallest absolute Gasteiger partial charge is 0.248 e. The van der Waals surface area contributed by atoms with Gasteiger partial charge in [-0.2, -0.15) is 4.80 Å². The molecule has 1 heterocycles. The Balaban J connectivity index is 1.70. The van der Waals surface area contributed by atoms with Gasteiger partial charge in [-0.15, -0.1) is 10.2 Å². The summed E-state index contributed by atoms with van der Waals surface area (Å²) in [5.41, 5.74) is 0.389. The van der Waals surface area contributed by atoms with Crippen LogP contribution >= 0.6 is 11.6 Å². The van der Waals surface area contributed by atoms with Gasteiger partial charge in [0.1, 0.15) is 18.2 Å². The first kappa shape index (κ1) is 16.0. The fraction of sp³-hybridized carbons (Fsp3) is 0.0667. The van der Waals surface area contributed by atoms with Crippen molar-refractivity contribution in [3.05, 3.63) is 59.1 Å². The van der Waals surface area contributed by atoms with E-state index in [9.17, 15) is 13.6 Å². The molecule has 9 heteroatoms. The third-order valence-electron chi connectivity index (χ3n) is 3.02. The molecule has 3 rings (SSSR count). The third-order valence-corrected chi connectivity index (χ3v) is 3.26. The highest BCUT2D eigenvalue weighted by atomic mass is 35.5. The van der Waals surface area contributed by atoms with Crippen molar-refractivity contribution >= 4 is 23.2 Å². The molecule has 1 N–H and O–H groups in total. The highest BCUT2D eigenvalue weighted by molar-refractivity contribution is 6.30. The van der Waals surface area contributed by atoms with Crippen molar-refractivity contribution in [1.29, 1.82) is 0 Å². The van der Waals surface area contributed by atoms with Crippen LogP contribution < -0.4 is 5.32 Å². The molecule has 2 aromatic carbocycles. The molecule has 0 aliphatic carbocycles. The van der Waals surface area contributed by atoms with Crippen molar-refractivity contribution in [3.8, 4) is 11.4 Å². The molecule has 0 bridgehead atoms. The Morgan fingerprint density at radius 1 is 1.21 bits per heavy atom. The Kier molecular flexibility index (Phi) is 4.48. The Bertz CT molecular complexity index is 899. The lowest BCUT2D eigenvalue weighted by atomic mass is 10.2. The SMILES string of the molecule is O=C(Cn1nnc(-c2cccc(F)c2)n1)Nc1cc(Cl)ccc1F. The van der Waals surface area contributed by atoms with Crippen LogP contribution in [0.25, 0.3) is 11.4 Å². The van der Waals surface area contributed by atoms with Crippen molar-refractivity contribution in [1.82, 2.24) is 20.2 Å². The van der Waals surface area contributed by atoms with Gasteiger partial charge in [-0.3, -0.25) is 4.79 Å². The lowest BCUT2D eigenvalue weighted by Gasteiger charge is -2.06. The predicted octanol–water partition coefficient (Wildman–Crippen LogP) is 2.91. The summed E-state index contributed by atoms with van der Waals surface area (Å²) in [5.74, 6) is -1.42. The Hall–Kier alpha value is -2.87. The van der Waals surface area contributed by atoms with Gasteiger partial charge in [0.2, 0.25) is 11.7 Å². The van der Waals surface area contributed by atoms with Crippen molar-refractivity contribution in [2.45, 2.75) is 6.54 Å². The first-order valence-electron chi connectivity index (χ1n) is 6.80. The molecule has 0 radical (unpaired) electrons. The van der Waals surface area contributed by atoms with Crippen LogP contribution in [-0.4, -0.2) is 26.1 Å². The molecule has 24 heavy (non-hydrogen) atoms. The molecule has 0 saturated carbocycles. The minimum absolute atomic E-state index is 0.0435. The molecule has 122 valence electrons. The second-order valence-corrected chi connectivity index (χ2v) is 5.26. The molecular weight excluding hydrogens is 340 g/mol. The molecule has 0 fully saturated rings. The maximum atomic E-state index is 13.6.